The van der Waals surface area contributed by atoms with E-state index in [1.54, 1.807) is 5.70 Å². The Balaban J connectivity index is 2.80. The van der Waals surface area contributed by atoms with Crippen LogP contribution in [-0.2, 0) is 4.43 Å². The van der Waals surface area contributed by atoms with E-state index in [0.29, 0.717) is 0 Å². The zero-order valence-electron chi connectivity index (χ0n) is 11.1. The van der Waals surface area contributed by atoms with Crippen molar-refractivity contribution < 1.29 is 7.17 Å². The second-order valence-corrected chi connectivity index (χ2v) is 7.45. The third-order valence-electron chi connectivity index (χ3n) is 1.84. The van der Waals surface area contributed by atoms with E-state index >= 15 is 0 Å². The van der Waals surface area contributed by atoms with Crippen LogP contribution < -0.4 is 0 Å². The van der Waals surface area contributed by atoms with E-state index in [4.69, 9.17) is 7.17 Å². The van der Waals surface area contributed by atoms with Gasteiger partial charge in [0.25, 0.3) is 0 Å². The lowest BCUT2D eigenvalue weighted by Crippen LogP contribution is -2.27. The molecule has 78 valence electrons. The van der Waals surface area contributed by atoms with E-state index in [0.717, 1.165) is 5.56 Å². The smallest absolute Gasteiger partial charge is 0.211 e. The van der Waals surface area contributed by atoms with Crippen LogP contribution in [0, 0.1) is 11.8 Å². The van der Waals surface area contributed by atoms with Crippen LogP contribution in [0.1, 0.15) is 8.30 Å². The molecule has 1 aromatic rings. The Morgan fingerprint density at radius 1 is 1.47 bits per heavy atom. The lowest BCUT2D eigenvalue weighted by Gasteiger charge is -2.15. The first-order valence-electron chi connectivity index (χ1n) is 5.77. The Morgan fingerprint density at radius 3 is 2.73 bits per heavy atom. The lowest BCUT2D eigenvalue weighted by molar-refractivity contribution is 0.369. The molecule has 0 fully saturated rings. The Hall–Kier alpha value is -1.30. The van der Waals surface area contributed by atoms with Gasteiger partial charge >= 0.3 is 0 Å². The summed E-state index contributed by atoms with van der Waals surface area (Å²) in [5.74, 6) is 5.28. The highest BCUT2D eigenvalue weighted by atomic mass is 28.4. The van der Waals surface area contributed by atoms with Gasteiger partial charge in [-0.3, -0.25) is 0 Å². The van der Waals surface area contributed by atoms with Gasteiger partial charge < -0.3 is 4.43 Å². The molecule has 0 saturated heterocycles. The second kappa shape index (κ2) is 5.55. The van der Waals surface area contributed by atoms with Gasteiger partial charge in [0.15, 0.2) is 0 Å². The molecule has 15 heavy (non-hydrogen) atoms. The third kappa shape index (κ3) is 4.64. The maximum absolute atomic E-state index is 7.69. The van der Waals surface area contributed by atoms with Crippen LogP contribution in [0.25, 0.3) is 0 Å². The van der Waals surface area contributed by atoms with Gasteiger partial charge in [0.2, 0.25) is 8.32 Å². The van der Waals surface area contributed by atoms with Crippen molar-refractivity contribution >= 4 is 8.32 Å². The molecule has 1 aromatic carbocycles. The lowest BCUT2D eigenvalue weighted by atomic mass is 10.2. The monoisotopic (exact) mass is 218 g/mol. The van der Waals surface area contributed by atoms with E-state index in [-0.39, 0.29) is 0 Å². The van der Waals surface area contributed by atoms with Crippen molar-refractivity contribution in [3.05, 3.63) is 48.2 Å². The van der Waals surface area contributed by atoms with Gasteiger partial charge in [-0.1, -0.05) is 35.7 Å². The Morgan fingerprint density at radius 2 is 2.13 bits per heavy atom. The summed E-state index contributed by atoms with van der Waals surface area (Å²) in [6, 6.07) is 9.29. The minimum Gasteiger partial charge on any atom is -0.403 e. The number of rotatable bonds is 3. The Labute approximate surface area is 95.7 Å². The molecule has 2 heteroatoms. The summed E-state index contributed by atoms with van der Waals surface area (Å²) in [6.45, 7) is 5.48. The van der Waals surface area contributed by atoms with Crippen molar-refractivity contribution in [3.63, 3.8) is 0 Å². The van der Waals surface area contributed by atoms with Crippen LogP contribution in [0.4, 0.5) is 0 Å². The van der Waals surface area contributed by atoms with Gasteiger partial charge in [0, 0.05) is 5.56 Å². The maximum Gasteiger partial charge on any atom is 0.211 e. The van der Waals surface area contributed by atoms with E-state index in [9.17, 15) is 0 Å². The minimum atomic E-state index is -2.16. The molecule has 0 atom stereocenters. The van der Waals surface area contributed by atoms with Crippen LogP contribution >= 0.6 is 0 Å². The first-order chi connectivity index (χ1) is 7.85. The van der Waals surface area contributed by atoms with Crippen LogP contribution in [-0.4, -0.2) is 14.9 Å². The van der Waals surface area contributed by atoms with Crippen molar-refractivity contribution in [1.29, 1.82) is 0 Å². The van der Waals surface area contributed by atoms with Crippen LogP contribution in [0.2, 0.25) is 13.1 Å². The van der Waals surface area contributed by atoms with Crippen molar-refractivity contribution in [2.24, 2.45) is 0 Å². The predicted molar refractivity (Wildman–Crippen MR) is 67.0 cm³/mol. The van der Waals surface area contributed by atoms with Gasteiger partial charge in [-0.05, 0) is 25.2 Å². The SMILES string of the molecule is [2H]C([2H])(C#Cc1ccccc1)O[Si](C)(C)C=C. The molecule has 0 bridgehead atoms. The summed E-state index contributed by atoms with van der Waals surface area (Å²) >= 11 is 0. The van der Waals surface area contributed by atoms with Crippen LogP contribution in [0.5, 0.6) is 0 Å². The van der Waals surface area contributed by atoms with Crippen molar-refractivity contribution in [2.45, 2.75) is 13.1 Å². The first-order valence-corrected chi connectivity index (χ1v) is 7.75. The highest BCUT2D eigenvalue weighted by molar-refractivity contribution is 6.76. The molecule has 0 amide bonds. The fourth-order valence-corrected chi connectivity index (χ4v) is 1.22. The fourth-order valence-electron chi connectivity index (χ4n) is 0.818. The number of benzene rings is 1. The van der Waals surface area contributed by atoms with E-state index in [1.807, 2.05) is 43.4 Å². The first kappa shape index (κ1) is 8.96. The minimum absolute atomic E-state index is 0.776. The highest BCUT2D eigenvalue weighted by Gasteiger charge is 2.15. The Bertz CT molecular complexity index is 443. The number of hydrogen-bond acceptors (Lipinski definition) is 1. The molecule has 0 aliphatic heterocycles. The van der Waals surface area contributed by atoms with E-state index in [1.165, 1.54) is 0 Å². The summed E-state index contributed by atoms with van der Waals surface area (Å²) in [7, 11) is -2.16. The molecule has 0 radical (unpaired) electrons. The van der Waals surface area contributed by atoms with Crippen molar-refractivity contribution in [1.82, 2.24) is 0 Å². The molecule has 0 unspecified atom stereocenters. The average Bonchev–Trinajstić information content (AvgIpc) is 2.27. The van der Waals surface area contributed by atoms with Crippen molar-refractivity contribution in [3.8, 4) is 11.8 Å². The summed E-state index contributed by atoms with van der Waals surface area (Å²) in [4.78, 5) is 0. The third-order valence-corrected chi connectivity index (χ3v) is 3.45. The summed E-state index contributed by atoms with van der Waals surface area (Å²) in [5.41, 5.74) is 2.47. The molecule has 0 N–H and O–H groups in total. The number of hydrogen-bond donors (Lipinski definition) is 0. The largest absolute Gasteiger partial charge is 0.403 e. The zero-order valence-corrected chi connectivity index (χ0v) is 10.1. The molecule has 0 heterocycles. The quantitative estimate of drug-likeness (QED) is 0.560. The van der Waals surface area contributed by atoms with Crippen molar-refractivity contribution in [2.75, 3.05) is 6.56 Å². The van der Waals surface area contributed by atoms with Gasteiger partial charge in [0.05, 0.1) is 9.30 Å². The zero-order chi connectivity index (χ0) is 12.9. The van der Waals surface area contributed by atoms with E-state index < -0.39 is 14.9 Å². The molecule has 0 aliphatic rings. The molecule has 1 nitrogen and oxygen atoms in total. The molecule has 1 rings (SSSR count). The topological polar surface area (TPSA) is 9.23 Å². The predicted octanol–water partition coefficient (Wildman–Crippen LogP) is 2.99. The highest BCUT2D eigenvalue weighted by Crippen LogP contribution is 2.03. The average molecular weight is 218 g/mol. The summed E-state index contributed by atoms with van der Waals surface area (Å²) in [6.07, 6.45) is 0. The molecule has 0 aliphatic carbocycles. The van der Waals surface area contributed by atoms with E-state index in [2.05, 4.69) is 18.4 Å². The van der Waals surface area contributed by atoms with Gasteiger partial charge in [-0.2, -0.15) is 0 Å². The summed E-state index contributed by atoms with van der Waals surface area (Å²) in [5, 5.41) is 0. The standard InChI is InChI=1S/C13H16OSi/c1-4-15(2,3)14-12-8-11-13-9-6-5-7-10-13/h4-7,9-10H,1,12H2,2-3H3/i12D2. The second-order valence-electron chi connectivity index (χ2n) is 3.63. The molecule has 0 aromatic heterocycles. The molecular weight excluding hydrogens is 200 g/mol. The molecule has 0 spiro atoms. The van der Waals surface area contributed by atoms with Gasteiger partial charge in [-0.25, -0.2) is 0 Å². The van der Waals surface area contributed by atoms with Gasteiger partial charge in [0.1, 0.15) is 0 Å². The van der Waals surface area contributed by atoms with Crippen LogP contribution in [0.3, 0.4) is 0 Å². The molecular formula is C13H16OSi. The summed E-state index contributed by atoms with van der Waals surface area (Å²) < 4.78 is 20.8. The maximum atomic E-state index is 7.69. The normalized spacial score (nSPS) is 13.2. The fraction of sp³-hybridized carbons (Fsp3) is 0.231. The molecule has 0 saturated carbocycles. The Kier molecular flexibility index (Phi) is 3.31. The van der Waals surface area contributed by atoms with Gasteiger partial charge in [-0.15, -0.1) is 6.58 Å². The van der Waals surface area contributed by atoms with Crippen LogP contribution in [0.15, 0.2) is 42.6 Å².